The van der Waals surface area contributed by atoms with Crippen LogP contribution in [0.1, 0.15) is 17.4 Å². The highest BCUT2D eigenvalue weighted by Gasteiger charge is 2.23. The minimum absolute atomic E-state index is 0.0971. The summed E-state index contributed by atoms with van der Waals surface area (Å²) in [6.07, 6.45) is 0. The Morgan fingerprint density at radius 1 is 1.14 bits per heavy atom. The third kappa shape index (κ3) is 5.29. The SMILES string of the molecule is CCOC(=O)CNC(=O)c1cc(=O)n(-c2ccc(S(=O)(=O)O)cc2S(=O)(=O)O)[nH]1. The number of aromatic amines is 1. The lowest BCUT2D eigenvalue weighted by molar-refractivity contribution is -0.141. The van der Waals surface area contributed by atoms with Crippen LogP contribution in [0.15, 0.2) is 38.9 Å². The number of esters is 1. The van der Waals surface area contributed by atoms with Crippen molar-refractivity contribution in [1.82, 2.24) is 15.1 Å². The predicted molar refractivity (Wildman–Crippen MR) is 95.0 cm³/mol. The zero-order chi connectivity index (χ0) is 22.0. The van der Waals surface area contributed by atoms with Crippen molar-refractivity contribution in [3.8, 4) is 5.69 Å². The molecule has 158 valence electrons. The second kappa shape index (κ2) is 8.16. The van der Waals surface area contributed by atoms with Crippen LogP contribution < -0.4 is 10.9 Å². The van der Waals surface area contributed by atoms with Gasteiger partial charge in [0, 0.05) is 6.07 Å². The van der Waals surface area contributed by atoms with E-state index in [0.717, 1.165) is 18.2 Å². The highest BCUT2D eigenvalue weighted by atomic mass is 32.2. The first-order valence-electron chi connectivity index (χ1n) is 7.70. The van der Waals surface area contributed by atoms with E-state index in [2.05, 4.69) is 15.2 Å². The molecule has 0 aliphatic carbocycles. The molecular weight excluding hydrogens is 434 g/mol. The second-order valence-corrected chi connectivity index (χ2v) is 8.22. The number of ether oxygens (including phenoxy) is 1. The molecule has 0 spiro atoms. The van der Waals surface area contributed by atoms with E-state index >= 15 is 0 Å². The van der Waals surface area contributed by atoms with E-state index in [1.54, 1.807) is 6.92 Å². The fourth-order valence-corrected chi connectivity index (χ4v) is 3.48. The fraction of sp³-hybridized carbons (Fsp3) is 0.214. The largest absolute Gasteiger partial charge is 0.465 e. The average Bonchev–Trinajstić information content (AvgIpc) is 2.99. The molecule has 1 amide bonds. The number of nitrogens with zero attached hydrogens (tertiary/aromatic N) is 1. The normalized spacial score (nSPS) is 11.8. The molecule has 0 aliphatic rings. The van der Waals surface area contributed by atoms with E-state index in [-0.39, 0.29) is 12.3 Å². The molecule has 0 unspecified atom stereocenters. The number of carbonyl (C=O) groups excluding carboxylic acids is 2. The topological polar surface area (TPSA) is 202 Å². The smallest absolute Gasteiger partial charge is 0.325 e. The first kappa shape index (κ1) is 22.3. The summed E-state index contributed by atoms with van der Waals surface area (Å²) in [6.45, 7) is 1.18. The molecule has 1 heterocycles. The number of amides is 1. The third-order valence-electron chi connectivity index (χ3n) is 3.41. The summed E-state index contributed by atoms with van der Waals surface area (Å²) in [5.41, 5.74) is -1.82. The Bertz CT molecular complexity index is 1220. The van der Waals surface area contributed by atoms with Gasteiger partial charge in [0.15, 0.2) is 0 Å². The highest BCUT2D eigenvalue weighted by molar-refractivity contribution is 7.86. The minimum atomic E-state index is -5.04. The van der Waals surface area contributed by atoms with Crippen molar-refractivity contribution in [3.05, 3.63) is 40.3 Å². The summed E-state index contributed by atoms with van der Waals surface area (Å²) in [5.74, 6) is -1.62. The Morgan fingerprint density at radius 3 is 2.34 bits per heavy atom. The Labute approximate surface area is 163 Å². The highest BCUT2D eigenvalue weighted by Crippen LogP contribution is 2.22. The molecule has 1 aromatic heterocycles. The lowest BCUT2D eigenvalue weighted by Crippen LogP contribution is -2.31. The molecule has 0 fully saturated rings. The van der Waals surface area contributed by atoms with Gasteiger partial charge in [-0.15, -0.1) is 0 Å². The van der Waals surface area contributed by atoms with Gasteiger partial charge in [0.05, 0.1) is 17.2 Å². The molecule has 0 saturated heterocycles. The van der Waals surface area contributed by atoms with Crippen LogP contribution in [0.4, 0.5) is 0 Å². The van der Waals surface area contributed by atoms with Crippen LogP contribution in [0, 0.1) is 0 Å². The molecule has 0 atom stereocenters. The van der Waals surface area contributed by atoms with Gasteiger partial charge in [-0.2, -0.15) is 16.8 Å². The van der Waals surface area contributed by atoms with Crippen molar-refractivity contribution in [2.75, 3.05) is 13.2 Å². The number of H-pyrrole nitrogens is 1. The van der Waals surface area contributed by atoms with Gasteiger partial charge >= 0.3 is 5.97 Å². The molecule has 2 aromatic rings. The van der Waals surface area contributed by atoms with Crippen LogP contribution in [-0.2, 0) is 29.8 Å². The maximum atomic E-state index is 12.2. The average molecular weight is 449 g/mol. The van der Waals surface area contributed by atoms with E-state index in [9.17, 15) is 35.8 Å². The van der Waals surface area contributed by atoms with Crippen molar-refractivity contribution in [3.63, 3.8) is 0 Å². The van der Waals surface area contributed by atoms with Gasteiger partial charge in [0.1, 0.15) is 17.1 Å². The van der Waals surface area contributed by atoms with Gasteiger partial charge in [-0.25, -0.2) is 4.68 Å². The molecule has 0 bridgehead atoms. The lowest BCUT2D eigenvalue weighted by Gasteiger charge is -2.09. The van der Waals surface area contributed by atoms with Crippen LogP contribution in [0.2, 0.25) is 0 Å². The number of nitrogens with one attached hydrogen (secondary N) is 2. The minimum Gasteiger partial charge on any atom is -0.465 e. The van der Waals surface area contributed by atoms with Crippen LogP contribution in [0.5, 0.6) is 0 Å². The van der Waals surface area contributed by atoms with Crippen molar-refractivity contribution in [2.45, 2.75) is 16.7 Å². The van der Waals surface area contributed by atoms with Crippen LogP contribution >= 0.6 is 0 Å². The summed E-state index contributed by atoms with van der Waals surface area (Å²) in [6, 6.07) is 2.83. The number of hydrogen-bond acceptors (Lipinski definition) is 8. The van der Waals surface area contributed by atoms with Gasteiger partial charge in [-0.3, -0.25) is 28.6 Å². The summed E-state index contributed by atoms with van der Waals surface area (Å²) in [4.78, 5) is 33.6. The molecule has 4 N–H and O–H groups in total. The van der Waals surface area contributed by atoms with Crippen molar-refractivity contribution < 1.29 is 40.3 Å². The summed E-state index contributed by atoms with van der Waals surface area (Å²) in [7, 11) is -9.84. The van der Waals surface area contributed by atoms with Crippen LogP contribution in [0.25, 0.3) is 5.69 Å². The Kier molecular flexibility index (Phi) is 6.27. The van der Waals surface area contributed by atoms with Gasteiger partial charge in [-0.1, -0.05) is 0 Å². The zero-order valence-electron chi connectivity index (χ0n) is 14.6. The van der Waals surface area contributed by atoms with E-state index in [1.807, 2.05) is 0 Å². The van der Waals surface area contributed by atoms with Crippen molar-refractivity contribution >= 4 is 32.1 Å². The molecule has 2 rings (SSSR count). The fourth-order valence-electron chi connectivity index (χ4n) is 2.20. The molecule has 0 radical (unpaired) electrons. The Morgan fingerprint density at radius 2 is 1.79 bits per heavy atom. The van der Waals surface area contributed by atoms with Crippen molar-refractivity contribution in [2.24, 2.45) is 0 Å². The maximum absolute atomic E-state index is 12.2. The number of benzene rings is 1. The number of aromatic nitrogens is 2. The quantitative estimate of drug-likeness (QED) is 0.298. The number of hydrogen-bond donors (Lipinski definition) is 4. The molecular formula is C14H15N3O10S2. The molecule has 15 heteroatoms. The van der Waals surface area contributed by atoms with E-state index in [0.29, 0.717) is 10.7 Å². The number of rotatable bonds is 7. The van der Waals surface area contributed by atoms with Gasteiger partial charge in [0.25, 0.3) is 31.7 Å². The molecule has 0 aliphatic heterocycles. The number of carbonyl (C=O) groups is 2. The van der Waals surface area contributed by atoms with Gasteiger partial charge in [-0.05, 0) is 25.1 Å². The van der Waals surface area contributed by atoms with Gasteiger partial charge < -0.3 is 10.1 Å². The molecule has 1 aromatic carbocycles. The molecule has 13 nitrogen and oxygen atoms in total. The van der Waals surface area contributed by atoms with E-state index < -0.39 is 59.7 Å². The maximum Gasteiger partial charge on any atom is 0.325 e. The second-order valence-electron chi connectivity index (χ2n) is 5.41. The van der Waals surface area contributed by atoms with Crippen molar-refractivity contribution in [1.29, 1.82) is 0 Å². The first-order valence-corrected chi connectivity index (χ1v) is 10.6. The standard InChI is InChI=1S/C14H15N3O10S2/c1-2-27-13(19)7-15-14(20)9-6-12(18)17(16-9)10-4-3-8(28(21,22)23)5-11(10)29(24,25)26/h3-6,16H,2,7H2,1H3,(H,15,20)(H,21,22,23)(H,24,25,26). The zero-order valence-corrected chi connectivity index (χ0v) is 16.3. The Hall–Kier alpha value is -3.01. The summed E-state index contributed by atoms with van der Waals surface area (Å²) in [5, 5.41) is 4.45. The lowest BCUT2D eigenvalue weighted by atomic mass is 10.3. The summed E-state index contributed by atoms with van der Waals surface area (Å²) >= 11 is 0. The van der Waals surface area contributed by atoms with Crippen LogP contribution in [0.3, 0.4) is 0 Å². The third-order valence-corrected chi connectivity index (χ3v) is 5.14. The van der Waals surface area contributed by atoms with Gasteiger partial charge in [0.2, 0.25) is 0 Å². The first-order chi connectivity index (χ1) is 13.3. The monoisotopic (exact) mass is 449 g/mol. The molecule has 0 saturated carbocycles. The van der Waals surface area contributed by atoms with E-state index in [4.69, 9.17) is 4.55 Å². The Balaban J connectivity index is 2.47. The predicted octanol–water partition coefficient (Wildman–Crippen LogP) is -1.05. The van der Waals surface area contributed by atoms with E-state index in [1.165, 1.54) is 0 Å². The summed E-state index contributed by atoms with van der Waals surface area (Å²) < 4.78 is 69.2. The van der Waals surface area contributed by atoms with Crippen LogP contribution in [-0.4, -0.2) is 60.7 Å². The molecule has 29 heavy (non-hydrogen) atoms.